The predicted molar refractivity (Wildman–Crippen MR) is 87.8 cm³/mol. The summed E-state index contributed by atoms with van der Waals surface area (Å²) in [6.07, 6.45) is 1.31. The molecule has 0 unspecified atom stereocenters. The predicted octanol–water partition coefficient (Wildman–Crippen LogP) is 2.24. The molecule has 0 bridgehead atoms. The fourth-order valence-corrected chi connectivity index (χ4v) is 2.54. The highest BCUT2D eigenvalue weighted by Gasteiger charge is 2.21. The van der Waals surface area contributed by atoms with Gasteiger partial charge in [-0.2, -0.15) is 0 Å². The molecule has 1 aliphatic heterocycles. The van der Waals surface area contributed by atoms with Crippen LogP contribution in [0.15, 0.2) is 30.5 Å². The lowest BCUT2D eigenvalue weighted by Gasteiger charge is -2.28. The second kappa shape index (κ2) is 7.46. The molecule has 0 amide bonds. The summed E-state index contributed by atoms with van der Waals surface area (Å²) in [7, 11) is 0. The zero-order chi connectivity index (χ0) is 16.9. The number of aromatic nitrogens is 2. The van der Waals surface area contributed by atoms with E-state index in [0.29, 0.717) is 48.7 Å². The number of carboxylic acid groups (broad SMARTS) is 1. The summed E-state index contributed by atoms with van der Waals surface area (Å²) in [6.45, 7) is 2.34. The van der Waals surface area contributed by atoms with Crippen LogP contribution >= 0.6 is 11.6 Å². The zero-order valence-electron chi connectivity index (χ0n) is 12.8. The van der Waals surface area contributed by atoms with Crippen LogP contribution in [0.2, 0.25) is 5.02 Å². The maximum absolute atomic E-state index is 11.4. The van der Waals surface area contributed by atoms with Crippen molar-refractivity contribution < 1.29 is 19.4 Å². The third kappa shape index (κ3) is 3.74. The molecule has 1 aromatic carbocycles. The third-order valence-corrected chi connectivity index (χ3v) is 3.87. The Morgan fingerprint density at radius 3 is 2.79 bits per heavy atom. The summed E-state index contributed by atoms with van der Waals surface area (Å²) < 4.78 is 10.9. The number of morpholine rings is 1. The van der Waals surface area contributed by atoms with Crippen LogP contribution in [0.5, 0.6) is 5.75 Å². The smallest absolute Gasteiger partial charge is 0.341 e. The molecule has 7 nitrogen and oxygen atoms in total. The van der Waals surface area contributed by atoms with Crippen LogP contribution < -0.4 is 9.64 Å². The van der Waals surface area contributed by atoms with Gasteiger partial charge in [0, 0.05) is 19.3 Å². The van der Waals surface area contributed by atoms with Gasteiger partial charge in [0.05, 0.1) is 18.2 Å². The van der Waals surface area contributed by atoms with Crippen LogP contribution in [0, 0.1) is 0 Å². The molecular formula is C16H16ClN3O4. The summed E-state index contributed by atoms with van der Waals surface area (Å²) in [4.78, 5) is 21.8. The molecule has 2 heterocycles. The van der Waals surface area contributed by atoms with E-state index in [9.17, 15) is 9.90 Å². The highest BCUT2D eigenvalue weighted by atomic mass is 35.5. The van der Waals surface area contributed by atoms with Crippen molar-refractivity contribution in [2.24, 2.45) is 0 Å². The van der Waals surface area contributed by atoms with Gasteiger partial charge in [-0.25, -0.2) is 14.8 Å². The van der Waals surface area contributed by atoms with Gasteiger partial charge in [-0.1, -0.05) is 23.7 Å². The van der Waals surface area contributed by atoms with Crippen LogP contribution in [-0.4, -0.2) is 47.3 Å². The number of ether oxygens (including phenoxy) is 2. The lowest BCUT2D eigenvalue weighted by atomic mass is 10.2. The normalized spacial score (nSPS) is 14.5. The largest absolute Gasteiger partial charge is 0.484 e. The Balaban J connectivity index is 1.81. The number of hydrogen-bond acceptors (Lipinski definition) is 6. The first-order chi connectivity index (χ1) is 11.6. The van der Waals surface area contributed by atoms with Crippen molar-refractivity contribution in [1.82, 2.24) is 9.97 Å². The van der Waals surface area contributed by atoms with E-state index in [1.807, 2.05) is 17.0 Å². The number of carbonyl (C=O) groups is 1. The molecule has 1 saturated heterocycles. The molecule has 1 N–H and O–H groups in total. The zero-order valence-corrected chi connectivity index (χ0v) is 13.6. The number of para-hydroxylation sites is 1. The van der Waals surface area contributed by atoms with Gasteiger partial charge >= 0.3 is 5.97 Å². The standard InChI is InChI=1S/C16H16ClN3O4/c17-12-3-1-2-4-13(12)24-10-14-18-9-11(16(21)22)15(19-14)20-5-7-23-8-6-20/h1-4,9H,5-8,10H2,(H,21,22). The van der Waals surface area contributed by atoms with E-state index in [-0.39, 0.29) is 12.2 Å². The molecule has 1 aliphatic rings. The Hall–Kier alpha value is -2.38. The molecule has 3 rings (SSSR count). The maximum atomic E-state index is 11.4. The van der Waals surface area contributed by atoms with E-state index >= 15 is 0 Å². The van der Waals surface area contributed by atoms with E-state index < -0.39 is 5.97 Å². The number of aromatic carboxylic acids is 1. The van der Waals surface area contributed by atoms with E-state index in [0.717, 1.165) is 0 Å². The summed E-state index contributed by atoms with van der Waals surface area (Å²) in [5.74, 6) is 0.244. The molecule has 0 atom stereocenters. The topological polar surface area (TPSA) is 84.8 Å². The number of hydrogen-bond donors (Lipinski definition) is 1. The summed E-state index contributed by atoms with van der Waals surface area (Å²) in [5, 5.41) is 9.84. The number of rotatable bonds is 5. The van der Waals surface area contributed by atoms with E-state index in [1.165, 1.54) is 6.20 Å². The molecular weight excluding hydrogens is 334 g/mol. The molecule has 126 valence electrons. The summed E-state index contributed by atoms with van der Waals surface area (Å²) in [5.41, 5.74) is 0.0680. The number of carboxylic acids is 1. The molecule has 0 saturated carbocycles. The van der Waals surface area contributed by atoms with Crippen LogP contribution in [-0.2, 0) is 11.3 Å². The maximum Gasteiger partial charge on any atom is 0.341 e. The minimum absolute atomic E-state index is 0.0680. The van der Waals surface area contributed by atoms with Crippen LogP contribution in [0.25, 0.3) is 0 Å². The van der Waals surface area contributed by atoms with Gasteiger partial charge in [0.2, 0.25) is 0 Å². The molecule has 0 aliphatic carbocycles. The molecule has 1 aromatic heterocycles. The van der Waals surface area contributed by atoms with Crippen molar-refractivity contribution in [1.29, 1.82) is 0 Å². The molecule has 2 aromatic rings. The van der Waals surface area contributed by atoms with Gasteiger partial charge < -0.3 is 19.5 Å². The summed E-state index contributed by atoms with van der Waals surface area (Å²) in [6, 6.07) is 7.10. The highest BCUT2D eigenvalue weighted by Crippen LogP contribution is 2.24. The molecule has 0 radical (unpaired) electrons. The van der Waals surface area contributed by atoms with Gasteiger partial charge in [-0.3, -0.25) is 0 Å². The Morgan fingerprint density at radius 1 is 1.33 bits per heavy atom. The third-order valence-electron chi connectivity index (χ3n) is 3.55. The fraction of sp³-hybridized carbons (Fsp3) is 0.312. The van der Waals surface area contributed by atoms with Crippen molar-refractivity contribution in [3.05, 3.63) is 46.9 Å². The van der Waals surface area contributed by atoms with Gasteiger partial charge in [0.15, 0.2) is 5.82 Å². The van der Waals surface area contributed by atoms with E-state index in [4.69, 9.17) is 21.1 Å². The van der Waals surface area contributed by atoms with Gasteiger partial charge in [0.25, 0.3) is 0 Å². The Bertz CT molecular complexity index is 735. The van der Waals surface area contributed by atoms with Crippen LogP contribution in [0.1, 0.15) is 16.2 Å². The quantitative estimate of drug-likeness (QED) is 0.886. The van der Waals surface area contributed by atoms with Crippen molar-refractivity contribution in [2.75, 3.05) is 31.2 Å². The van der Waals surface area contributed by atoms with Crippen molar-refractivity contribution >= 4 is 23.4 Å². The van der Waals surface area contributed by atoms with Gasteiger partial charge in [0.1, 0.15) is 23.7 Å². The first-order valence-electron chi connectivity index (χ1n) is 7.44. The second-order valence-electron chi connectivity index (χ2n) is 5.15. The highest BCUT2D eigenvalue weighted by molar-refractivity contribution is 6.32. The number of benzene rings is 1. The van der Waals surface area contributed by atoms with Gasteiger partial charge in [-0.15, -0.1) is 0 Å². The SMILES string of the molecule is O=C(O)c1cnc(COc2ccccc2Cl)nc1N1CCOCC1. The molecule has 1 fully saturated rings. The minimum atomic E-state index is -1.06. The lowest BCUT2D eigenvalue weighted by Crippen LogP contribution is -2.38. The first-order valence-corrected chi connectivity index (χ1v) is 7.82. The Morgan fingerprint density at radius 2 is 2.08 bits per heavy atom. The van der Waals surface area contributed by atoms with E-state index in [2.05, 4.69) is 9.97 Å². The van der Waals surface area contributed by atoms with Gasteiger partial charge in [-0.05, 0) is 12.1 Å². The average molecular weight is 350 g/mol. The molecule has 0 spiro atoms. The molecule has 8 heteroatoms. The number of anilines is 1. The van der Waals surface area contributed by atoms with Crippen molar-refractivity contribution in [3.63, 3.8) is 0 Å². The molecule has 24 heavy (non-hydrogen) atoms. The minimum Gasteiger partial charge on any atom is -0.484 e. The second-order valence-corrected chi connectivity index (χ2v) is 5.55. The monoisotopic (exact) mass is 349 g/mol. The Kier molecular flexibility index (Phi) is 5.12. The first kappa shape index (κ1) is 16.5. The number of halogens is 1. The van der Waals surface area contributed by atoms with Crippen molar-refractivity contribution in [2.45, 2.75) is 6.61 Å². The van der Waals surface area contributed by atoms with Crippen LogP contribution in [0.3, 0.4) is 0 Å². The van der Waals surface area contributed by atoms with E-state index in [1.54, 1.807) is 12.1 Å². The van der Waals surface area contributed by atoms with Crippen molar-refractivity contribution in [3.8, 4) is 5.75 Å². The number of nitrogens with zero attached hydrogens (tertiary/aromatic N) is 3. The summed E-state index contributed by atoms with van der Waals surface area (Å²) >= 11 is 6.04. The fourth-order valence-electron chi connectivity index (χ4n) is 2.35. The Labute approximate surface area is 143 Å². The lowest BCUT2D eigenvalue weighted by molar-refractivity contribution is 0.0695. The average Bonchev–Trinajstić information content (AvgIpc) is 2.61. The van der Waals surface area contributed by atoms with Crippen LogP contribution in [0.4, 0.5) is 5.82 Å².